The first-order chi connectivity index (χ1) is 8.33. The molecule has 0 unspecified atom stereocenters. The van der Waals surface area contributed by atoms with Crippen LogP contribution in [0, 0.1) is 5.82 Å². The standard InChI is InChI=1S/C10H11ClFNO4S/c11-8-6-7(3-4-9(8)12)18(16,17)13-5-1-2-10(14)15/h3-4,6,13H,1-2,5H2,(H,14,15)/p-1. The summed E-state index contributed by atoms with van der Waals surface area (Å²) < 4.78 is 38.4. The van der Waals surface area contributed by atoms with Crippen LogP contribution in [0.15, 0.2) is 23.1 Å². The molecule has 0 aromatic heterocycles. The van der Waals surface area contributed by atoms with Crippen molar-refractivity contribution >= 4 is 27.6 Å². The Morgan fingerprint density at radius 2 is 2.11 bits per heavy atom. The number of nitrogens with one attached hydrogen (secondary N) is 1. The number of carboxylic acids is 1. The number of rotatable bonds is 6. The van der Waals surface area contributed by atoms with Crippen LogP contribution in [-0.2, 0) is 14.8 Å². The van der Waals surface area contributed by atoms with Crippen LogP contribution in [0.4, 0.5) is 4.39 Å². The first-order valence-corrected chi connectivity index (χ1v) is 6.83. The van der Waals surface area contributed by atoms with Crippen LogP contribution in [-0.4, -0.2) is 20.9 Å². The molecule has 0 aliphatic heterocycles. The zero-order chi connectivity index (χ0) is 13.8. The van der Waals surface area contributed by atoms with E-state index in [-0.39, 0.29) is 29.3 Å². The Morgan fingerprint density at radius 3 is 2.67 bits per heavy atom. The lowest BCUT2D eigenvalue weighted by Crippen LogP contribution is -2.27. The van der Waals surface area contributed by atoms with Crippen LogP contribution in [0.25, 0.3) is 0 Å². The summed E-state index contributed by atoms with van der Waals surface area (Å²) in [5.41, 5.74) is 0. The number of benzene rings is 1. The van der Waals surface area contributed by atoms with Crippen molar-refractivity contribution in [3.8, 4) is 0 Å². The van der Waals surface area contributed by atoms with Crippen molar-refractivity contribution in [1.29, 1.82) is 0 Å². The van der Waals surface area contributed by atoms with Crippen LogP contribution in [0.1, 0.15) is 12.8 Å². The fourth-order valence-electron chi connectivity index (χ4n) is 1.17. The van der Waals surface area contributed by atoms with E-state index in [4.69, 9.17) is 11.6 Å². The van der Waals surface area contributed by atoms with Crippen LogP contribution in [0.3, 0.4) is 0 Å². The minimum atomic E-state index is -3.81. The largest absolute Gasteiger partial charge is 0.550 e. The molecule has 1 aromatic carbocycles. The molecular weight excluding hydrogens is 285 g/mol. The van der Waals surface area contributed by atoms with E-state index in [1.165, 1.54) is 0 Å². The maximum absolute atomic E-state index is 12.9. The molecule has 5 nitrogen and oxygen atoms in total. The normalized spacial score (nSPS) is 11.4. The Morgan fingerprint density at radius 1 is 1.44 bits per heavy atom. The maximum atomic E-state index is 12.9. The minimum Gasteiger partial charge on any atom is -0.550 e. The molecule has 8 heteroatoms. The number of carbonyl (C=O) groups excluding carboxylic acids is 1. The van der Waals surface area contributed by atoms with Crippen molar-refractivity contribution < 1.29 is 22.7 Å². The summed E-state index contributed by atoms with van der Waals surface area (Å²) in [7, 11) is -3.81. The quantitative estimate of drug-likeness (QED) is 0.764. The van der Waals surface area contributed by atoms with Gasteiger partial charge in [-0.1, -0.05) is 11.6 Å². The molecule has 0 aliphatic rings. The van der Waals surface area contributed by atoms with Gasteiger partial charge in [-0.15, -0.1) is 0 Å². The molecule has 0 radical (unpaired) electrons. The summed E-state index contributed by atoms with van der Waals surface area (Å²) in [5, 5.41) is 9.83. The molecule has 0 atom stereocenters. The zero-order valence-electron chi connectivity index (χ0n) is 9.15. The number of halogens is 2. The first kappa shape index (κ1) is 14.9. The molecule has 0 heterocycles. The van der Waals surface area contributed by atoms with E-state index in [1.807, 2.05) is 0 Å². The van der Waals surface area contributed by atoms with Crippen molar-refractivity contribution in [2.24, 2.45) is 0 Å². The van der Waals surface area contributed by atoms with Gasteiger partial charge in [0.15, 0.2) is 0 Å². The first-order valence-electron chi connectivity index (χ1n) is 4.97. The molecule has 0 bridgehead atoms. The molecule has 18 heavy (non-hydrogen) atoms. The second-order valence-corrected chi connectivity index (χ2v) is 5.62. The number of carboxylic acid groups (broad SMARTS) is 1. The molecule has 100 valence electrons. The van der Waals surface area contributed by atoms with Gasteiger partial charge in [0.2, 0.25) is 10.0 Å². The van der Waals surface area contributed by atoms with Gasteiger partial charge < -0.3 is 9.90 Å². The smallest absolute Gasteiger partial charge is 0.240 e. The summed E-state index contributed by atoms with van der Waals surface area (Å²) in [6, 6.07) is 3.00. The second-order valence-electron chi connectivity index (χ2n) is 3.45. The van der Waals surface area contributed by atoms with Gasteiger partial charge in [-0.25, -0.2) is 17.5 Å². The lowest BCUT2D eigenvalue weighted by Gasteiger charge is -2.07. The van der Waals surface area contributed by atoms with Crippen molar-refractivity contribution in [2.45, 2.75) is 17.7 Å². The van der Waals surface area contributed by atoms with E-state index in [2.05, 4.69) is 4.72 Å². The Hall–Kier alpha value is -1.18. The van der Waals surface area contributed by atoms with Gasteiger partial charge in [-0.2, -0.15) is 0 Å². The minimum absolute atomic E-state index is 0.0503. The van der Waals surface area contributed by atoms with E-state index in [0.29, 0.717) is 0 Å². The van der Waals surface area contributed by atoms with E-state index in [0.717, 1.165) is 18.2 Å². The number of carbonyl (C=O) groups is 1. The molecule has 0 saturated heterocycles. The molecule has 1 rings (SSSR count). The molecule has 1 N–H and O–H groups in total. The molecular formula is C10H10ClFNO4S-. The Kier molecular flexibility index (Phi) is 5.06. The highest BCUT2D eigenvalue weighted by molar-refractivity contribution is 7.89. The predicted molar refractivity (Wildman–Crippen MR) is 60.8 cm³/mol. The summed E-state index contributed by atoms with van der Waals surface area (Å²) in [4.78, 5) is 9.95. The second kappa shape index (κ2) is 6.12. The highest BCUT2D eigenvalue weighted by Crippen LogP contribution is 2.19. The molecule has 0 spiro atoms. The van der Waals surface area contributed by atoms with Crippen molar-refractivity contribution in [1.82, 2.24) is 4.72 Å². The summed E-state index contributed by atoms with van der Waals surface area (Å²) in [6.45, 7) is -0.0503. The van der Waals surface area contributed by atoms with Crippen LogP contribution >= 0.6 is 11.6 Å². The Labute approximate surface area is 109 Å². The van der Waals surface area contributed by atoms with E-state index in [1.54, 1.807) is 0 Å². The Balaban J connectivity index is 2.68. The topological polar surface area (TPSA) is 86.3 Å². The highest BCUT2D eigenvalue weighted by Gasteiger charge is 2.14. The number of hydrogen-bond acceptors (Lipinski definition) is 4. The van der Waals surface area contributed by atoms with Gasteiger partial charge in [0.05, 0.1) is 9.92 Å². The van der Waals surface area contributed by atoms with Crippen molar-refractivity contribution in [3.63, 3.8) is 0 Å². The third kappa shape index (κ3) is 4.25. The summed E-state index contributed by atoms with van der Waals surface area (Å²) >= 11 is 5.47. The molecule has 1 aromatic rings. The van der Waals surface area contributed by atoms with E-state index >= 15 is 0 Å². The van der Waals surface area contributed by atoms with Crippen molar-refractivity contribution in [2.75, 3.05) is 6.54 Å². The third-order valence-corrected chi connectivity index (χ3v) is 3.80. The Bertz CT molecular complexity index is 547. The van der Waals surface area contributed by atoms with Gasteiger partial charge in [-0.3, -0.25) is 0 Å². The number of aliphatic carboxylic acids is 1. The molecule has 0 aliphatic carbocycles. The predicted octanol–water partition coefficient (Wildman–Crippen LogP) is 0.287. The van der Waals surface area contributed by atoms with Crippen molar-refractivity contribution in [3.05, 3.63) is 29.0 Å². The van der Waals surface area contributed by atoms with Crippen LogP contribution in [0.2, 0.25) is 5.02 Å². The average Bonchev–Trinajstić information content (AvgIpc) is 2.28. The fraction of sp³-hybridized carbons (Fsp3) is 0.300. The van der Waals surface area contributed by atoms with Gasteiger partial charge in [0, 0.05) is 12.5 Å². The zero-order valence-corrected chi connectivity index (χ0v) is 10.7. The van der Waals surface area contributed by atoms with Gasteiger partial charge in [0.1, 0.15) is 5.82 Å². The molecule has 0 amide bonds. The SMILES string of the molecule is O=C([O-])CCCNS(=O)(=O)c1ccc(F)c(Cl)c1. The van der Waals surface area contributed by atoms with Gasteiger partial charge in [0.25, 0.3) is 0 Å². The lowest BCUT2D eigenvalue weighted by molar-refractivity contribution is -0.305. The lowest BCUT2D eigenvalue weighted by atomic mass is 10.3. The summed E-state index contributed by atoms with van der Waals surface area (Å²) in [6.07, 6.45) is -0.136. The van der Waals surface area contributed by atoms with Crippen LogP contribution in [0.5, 0.6) is 0 Å². The van der Waals surface area contributed by atoms with E-state index in [9.17, 15) is 22.7 Å². The third-order valence-electron chi connectivity index (χ3n) is 2.05. The van der Waals surface area contributed by atoms with Crippen LogP contribution < -0.4 is 9.83 Å². The average molecular weight is 295 g/mol. The molecule has 0 saturated carbocycles. The van der Waals surface area contributed by atoms with E-state index < -0.39 is 21.8 Å². The number of sulfonamides is 1. The number of hydrogen-bond donors (Lipinski definition) is 1. The summed E-state index contributed by atoms with van der Waals surface area (Å²) in [5.74, 6) is -1.97. The monoisotopic (exact) mass is 294 g/mol. The molecule has 0 fully saturated rings. The maximum Gasteiger partial charge on any atom is 0.240 e. The van der Waals surface area contributed by atoms with Gasteiger partial charge >= 0.3 is 0 Å². The fourth-order valence-corrected chi connectivity index (χ4v) is 2.51. The van der Waals surface area contributed by atoms with Gasteiger partial charge in [-0.05, 0) is 31.0 Å². The highest BCUT2D eigenvalue weighted by atomic mass is 35.5.